The third kappa shape index (κ3) is 6.97. The Kier molecular flexibility index (Phi) is 9.34. The van der Waals surface area contributed by atoms with Crippen LogP contribution in [-0.2, 0) is 0 Å². The smallest absolute Gasteiger partial charge is 0.164 e. The molecule has 0 aliphatic carbocycles. The summed E-state index contributed by atoms with van der Waals surface area (Å²) in [5, 5.41) is 2.29. The summed E-state index contributed by atoms with van der Waals surface area (Å²) >= 11 is 1.81. The van der Waals surface area contributed by atoms with Crippen LogP contribution in [0.1, 0.15) is 0 Å². The van der Waals surface area contributed by atoms with Crippen molar-refractivity contribution in [1.29, 1.82) is 0 Å². The highest BCUT2D eigenvalue weighted by atomic mass is 32.1. The Bertz CT molecular complexity index is 3220. The summed E-state index contributed by atoms with van der Waals surface area (Å²) < 4.78 is 1.14. The van der Waals surface area contributed by atoms with E-state index in [-0.39, 0.29) is 0 Å². The number of rotatable bonds is 8. The van der Waals surface area contributed by atoms with Gasteiger partial charge in [0.05, 0.1) is 15.9 Å². The van der Waals surface area contributed by atoms with Crippen LogP contribution in [0.15, 0.2) is 218 Å². The molecule has 5 heteroatoms. The average Bonchev–Trinajstić information content (AvgIpc) is 3.76. The molecule has 0 fully saturated rings. The van der Waals surface area contributed by atoms with E-state index in [0.29, 0.717) is 17.5 Å². The van der Waals surface area contributed by atoms with Gasteiger partial charge >= 0.3 is 0 Å². The van der Waals surface area contributed by atoms with Crippen molar-refractivity contribution in [3.8, 4) is 89.2 Å². The lowest BCUT2D eigenvalue weighted by Crippen LogP contribution is -2.00. The number of hydrogen-bond donors (Lipinski definition) is 0. The molecule has 0 amide bonds. The summed E-state index contributed by atoms with van der Waals surface area (Å²) in [6.45, 7) is 0. The van der Waals surface area contributed by atoms with Gasteiger partial charge < -0.3 is 0 Å². The molecule has 11 rings (SSSR count). The molecule has 61 heavy (non-hydrogen) atoms. The molecular weight excluding hydrogens is 761 g/mol. The molecule has 3 heterocycles. The van der Waals surface area contributed by atoms with Gasteiger partial charge in [-0.3, -0.25) is 0 Å². The summed E-state index contributed by atoms with van der Waals surface area (Å²) in [4.78, 5) is 21.8. The van der Waals surface area contributed by atoms with Crippen molar-refractivity contribution < 1.29 is 0 Å². The Morgan fingerprint density at radius 2 is 0.705 bits per heavy atom. The first kappa shape index (κ1) is 36.2. The Hall–Kier alpha value is -7.86. The van der Waals surface area contributed by atoms with E-state index in [2.05, 4.69) is 158 Å². The standard InChI is InChI=1S/C56H36N4S/c1-6-19-37(20-7-1)44-34-45(38-21-8-2-9-22-38)36-46(35-44)52-49(50-47-31-16-17-32-48(47)57-51(53(50)61-52)39-23-10-3-11-24-39)42-29-18-30-43(33-42)56-59-54(40-25-12-4-13-26-40)58-55(60-56)41-27-14-5-15-28-41/h1-36H. The molecule has 0 saturated carbocycles. The molecule has 0 spiro atoms. The summed E-state index contributed by atoms with van der Waals surface area (Å²) in [5.74, 6) is 1.88. The average molecular weight is 797 g/mol. The van der Waals surface area contributed by atoms with Crippen molar-refractivity contribution in [2.75, 3.05) is 0 Å². The molecule has 0 bridgehead atoms. The molecule has 11 aromatic rings. The van der Waals surface area contributed by atoms with Gasteiger partial charge in [0.25, 0.3) is 0 Å². The number of para-hydroxylation sites is 1. The highest BCUT2D eigenvalue weighted by Crippen LogP contribution is 2.51. The van der Waals surface area contributed by atoms with Gasteiger partial charge in [0, 0.05) is 43.5 Å². The largest absolute Gasteiger partial charge is 0.246 e. The minimum absolute atomic E-state index is 0.615. The third-order valence-corrected chi connectivity index (χ3v) is 12.3. The first-order chi connectivity index (χ1) is 30.2. The monoisotopic (exact) mass is 796 g/mol. The first-order valence-corrected chi connectivity index (χ1v) is 21.2. The lowest BCUT2D eigenvalue weighted by Gasteiger charge is -2.13. The highest BCUT2D eigenvalue weighted by Gasteiger charge is 2.24. The van der Waals surface area contributed by atoms with Crippen LogP contribution in [0.5, 0.6) is 0 Å². The fourth-order valence-electron chi connectivity index (χ4n) is 8.18. The van der Waals surface area contributed by atoms with Gasteiger partial charge in [-0.25, -0.2) is 19.9 Å². The fourth-order valence-corrected chi connectivity index (χ4v) is 9.52. The van der Waals surface area contributed by atoms with Crippen molar-refractivity contribution in [1.82, 2.24) is 19.9 Å². The Labute approximate surface area is 358 Å². The predicted molar refractivity (Wildman–Crippen MR) is 254 cm³/mol. The fraction of sp³-hybridized carbons (Fsp3) is 0. The van der Waals surface area contributed by atoms with Gasteiger partial charge in [-0.15, -0.1) is 11.3 Å². The number of hydrogen-bond acceptors (Lipinski definition) is 5. The number of fused-ring (bicyclic) bond motifs is 3. The molecule has 8 aromatic carbocycles. The van der Waals surface area contributed by atoms with Crippen LogP contribution in [0.3, 0.4) is 0 Å². The van der Waals surface area contributed by atoms with E-state index < -0.39 is 0 Å². The van der Waals surface area contributed by atoms with E-state index in [4.69, 9.17) is 19.9 Å². The van der Waals surface area contributed by atoms with Crippen LogP contribution in [0.25, 0.3) is 110 Å². The molecular formula is C56H36N4S. The summed E-state index contributed by atoms with van der Waals surface area (Å²) in [6.07, 6.45) is 0. The molecule has 4 nitrogen and oxygen atoms in total. The van der Waals surface area contributed by atoms with Gasteiger partial charge in [-0.2, -0.15) is 0 Å². The number of aromatic nitrogens is 4. The Morgan fingerprint density at radius 1 is 0.295 bits per heavy atom. The minimum Gasteiger partial charge on any atom is -0.246 e. The van der Waals surface area contributed by atoms with Gasteiger partial charge in [-0.1, -0.05) is 188 Å². The van der Waals surface area contributed by atoms with Crippen LogP contribution in [0, 0.1) is 0 Å². The second-order valence-corrected chi connectivity index (χ2v) is 16.0. The zero-order chi connectivity index (χ0) is 40.5. The molecule has 0 unspecified atom stereocenters. The summed E-state index contributed by atoms with van der Waals surface area (Å²) in [5.41, 5.74) is 13.8. The molecule has 0 N–H and O–H groups in total. The number of pyridine rings is 1. The highest BCUT2D eigenvalue weighted by molar-refractivity contribution is 7.23. The summed E-state index contributed by atoms with van der Waals surface area (Å²) in [7, 11) is 0. The zero-order valence-corrected chi connectivity index (χ0v) is 33.8. The number of benzene rings is 8. The molecule has 0 radical (unpaired) electrons. The minimum atomic E-state index is 0.615. The zero-order valence-electron chi connectivity index (χ0n) is 33.0. The van der Waals surface area contributed by atoms with E-state index in [1.54, 1.807) is 0 Å². The van der Waals surface area contributed by atoms with E-state index in [1.807, 2.05) is 72.0 Å². The topological polar surface area (TPSA) is 51.6 Å². The molecule has 286 valence electrons. The Morgan fingerprint density at radius 3 is 1.26 bits per heavy atom. The maximum absolute atomic E-state index is 5.37. The lowest BCUT2D eigenvalue weighted by atomic mass is 9.91. The van der Waals surface area contributed by atoms with E-state index in [0.717, 1.165) is 71.4 Å². The van der Waals surface area contributed by atoms with Crippen LogP contribution in [0.2, 0.25) is 0 Å². The van der Waals surface area contributed by atoms with Crippen LogP contribution in [-0.4, -0.2) is 19.9 Å². The van der Waals surface area contributed by atoms with Gasteiger partial charge in [0.1, 0.15) is 0 Å². The Balaban J connectivity index is 1.20. The molecule has 0 aliphatic rings. The lowest BCUT2D eigenvalue weighted by molar-refractivity contribution is 1.07. The predicted octanol–water partition coefficient (Wildman–Crippen LogP) is 15.0. The van der Waals surface area contributed by atoms with Gasteiger partial charge in [0.2, 0.25) is 0 Å². The molecule has 0 saturated heterocycles. The van der Waals surface area contributed by atoms with Crippen molar-refractivity contribution >= 4 is 32.3 Å². The van der Waals surface area contributed by atoms with Crippen molar-refractivity contribution in [3.05, 3.63) is 218 Å². The normalized spacial score (nSPS) is 11.3. The maximum Gasteiger partial charge on any atom is 0.164 e. The van der Waals surface area contributed by atoms with Crippen molar-refractivity contribution in [2.24, 2.45) is 0 Å². The maximum atomic E-state index is 5.37. The SMILES string of the molecule is c1ccc(-c2cc(-c3ccccc3)cc(-c3sc4c(-c5ccccc5)nc5ccccc5c4c3-c3cccc(-c4nc(-c5ccccc5)nc(-c5ccccc5)n4)c3)c2)cc1. The quantitative estimate of drug-likeness (QED) is 0.154. The van der Waals surface area contributed by atoms with Crippen LogP contribution in [0.4, 0.5) is 0 Å². The van der Waals surface area contributed by atoms with E-state index >= 15 is 0 Å². The molecule has 0 aliphatic heterocycles. The van der Waals surface area contributed by atoms with Crippen LogP contribution < -0.4 is 0 Å². The van der Waals surface area contributed by atoms with Crippen molar-refractivity contribution in [2.45, 2.75) is 0 Å². The summed E-state index contributed by atoms with van der Waals surface area (Å²) in [6, 6.07) is 76.4. The second-order valence-electron chi connectivity index (χ2n) is 15.0. The van der Waals surface area contributed by atoms with Crippen molar-refractivity contribution in [3.63, 3.8) is 0 Å². The number of thiophene rings is 1. The molecule has 3 aromatic heterocycles. The van der Waals surface area contributed by atoms with E-state index in [1.165, 1.54) is 21.4 Å². The van der Waals surface area contributed by atoms with Gasteiger partial charge in [-0.05, 0) is 63.7 Å². The van der Waals surface area contributed by atoms with Gasteiger partial charge in [0.15, 0.2) is 17.5 Å². The van der Waals surface area contributed by atoms with E-state index in [9.17, 15) is 0 Å². The third-order valence-electron chi connectivity index (χ3n) is 11.1. The second kappa shape index (κ2) is 15.7. The molecule has 0 atom stereocenters. The number of nitrogens with zero attached hydrogens (tertiary/aromatic N) is 4. The first-order valence-electron chi connectivity index (χ1n) is 20.4. The van der Waals surface area contributed by atoms with Crippen LogP contribution >= 0.6 is 11.3 Å².